The summed E-state index contributed by atoms with van der Waals surface area (Å²) >= 11 is 0. The van der Waals surface area contributed by atoms with Gasteiger partial charge >= 0.3 is 0 Å². The molecule has 118 valence electrons. The standard InChI is InChI=1S/C13H22N4O3S/c1-3-5-8-7-10(8)15-13(18)11-12(21(14,19)20)9(6-4-2)16-17-11/h8,10H,3-7H2,1-2H3,(H,15,18)(H,16,17)(H2,14,19,20). The molecule has 1 aliphatic rings. The number of carbonyl (C=O) groups excluding carboxylic acids is 1. The number of sulfonamides is 1. The molecule has 0 radical (unpaired) electrons. The number of amides is 1. The third kappa shape index (κ3) is 3.62. The number of primary sulfonamides is 1. The Morgan fingerprint density at radius 2 is 2.14 bits per heavy atom. The van der Waals surface area contributed by atoms with Gasteiger partial charge in [0.05, 0.1) is 5.69 Å². The molecule has 1 amide bonds. The molecule has 4 N–H and O–H groups in total. The highest BCUT2D eigenvalue weighted by molar-refractivity contribution is 7.89. The number of rotatable bonds is 7. The quantitative estimate of drug-likeness (QED) is 0.693. The molecule has 0 spiro atoms. The Bertz CT molecular complexity index is 623. The number of nitrogens with two attached hydrogens (primary N) is 1. The fourth-order valence-corrected chi connectivity index (χ4v) is 3.50. The maximum atomic E-state index is 12.2. The van der Waals surface area contributed by atoms with Gasteiger partial charge in [-0.3, -0.25) is 9.89 Å². The summed E-state index contributed by atoms with van der Waals surface area (Å²) in [5, 5.41) is 14.5. The van der Waals surface area contributed by atoms with Crippen molar-refractivity contribution in [3.8, 4) is 0 Å². The smallest absolute Gasteiger partial charge is 0.273 e. The second-order valence-corrected chi connectivity index (χ2v) is 7.04. The first kappa shape index (κ1) is 16.0. The van der Waals surface area contributed by atoms with Gasteiger partial charge in [-0.05, 0) is 25.2 Å². The molecule has 1 aromatic heterocycles. The van der Waals surface area contributed by atoms with Crippen LogP contribution in [-0.4, -0.2) is 30.6 Å². The zero-order chi connectivity index (χ0) is 15.6. The van der Waals surface area contributed by atoms with Gasteiger partial charge in [0.2, 0.25) is 10.0 Å². The average molecular weight is 314 g/mol. The molecule has 0 saturated heterocycles. The Morgan fingerprint density at radius 1 is 1.43 bits per heavy atom. The third-order valence-corrected chi connectivity index (χ3v) is 4.70. The molecule has 0 aromatic carbocycles. The molecule has 2 rings (SSSR count). The molecule has 21 heavy (non-hydrogen) atoms. The molecule has 2 unspecified atom stereocenters. The Hall–Kier alpha value is -1.41. The second-order valence-electron chi connectivity index (χ2n) is 5.54. The monoisotopic (exact) mass is 314 g/mol. The SMILES string of the molecule is CCCc1[nH]nc(C(=O)NC2CC2CCC)c1S(N)(=O)=O. The van der Waals surface area contributed by atoms with E-state index in [-0.39, 0.29) is 16.6 Å². The van der Waals surface area contributed by atoms with E-state index in [9.17, 15) is 13.2 Å². The normalized spacial score (nSPS) is 21.3. The van der Waals surface area contributed by atoms with Gasteiger partial charge in [0.25, 0.3) is 5.91 Å². The van der Waals surface area contributed by atoms with Crippen LogP contribution in [0.5, 0.6) is 0 Å². The van der Waals surface area contributed by atoms with Crippen LogP contribution in [0.1, 0.15) is 55.7 Å². The number of aryl methyl sites for hydroxylation is 1. The number of nitrogens with one attached hydrogen (secondary N) is 2. The van der Waals surface area contributed by atoms with Crippen molar-refractivity contribution in [3.63, 3.8) is 0 Å². The van der Waals surface area contributed by atoms with E-state index in [2.05, 4.69) is 22.4 Å². The second kappa shape index (κ2) is 6.15. The molecule has 1 heterocycles. The zero-order valence-corrected chi connectivity index (χ0v) is 13.2. The molecule has 1 fully saturated rings. The van der Waals surface area contributed by atoms with Crippen LogP contribution in [0.3, 0.4) is 0 Å². The maximum Gasteiger partial charge on any atom is 0.273 e. The average Bonchev–Trinajstić information content (AvgIpc) is 2.95. The fraction of sp³-hybridized carbons (Fsp3) is 0.692. The van der Waals surface area contributed by atoms with Gasteiger partial charge in [0, 0.05) is 6.04 Å². The van der Waals surface area contributed by atoms with Crippen LogP contribution in [0.15, 0.2) is 4.90 Å². The molecular formula is C13H22N4O3S. The van der Waals surface area contributed by atoms with E-state index in [4.69, 9.17) is 5.14 Å². The van der Waals surface area contributed by atoms with E-state index in [1.807, 2.05) is 6.92 Å². The number of aromatic amines is 1. The number of hydrogen-bond donors (Lipinski definition) is 3. The van der Waals surface area contributed by atoms with Crippen molar-refractivity contribution in [2.45, 2.75) is 56.9 Å². The minimum absolute atomic E-state index is 0.122. The first-order valence-electron chi connectivity index (χ1n) is 7.29. The summed E-state index contributed by atoms with van der Waals surface area (Å²) in [4.78, 5) is 12.0. The van der Waals surface area contributed by atoms with Crippen molar-refractivity contribution >= 4 is 15.9 Å². The van der Waals surface area contributed by atoms with E-state index in [0.29, 0.717) is 18.0 Å². The maximum absolute atomic E-state index is 12.2. The highest BCUT2D eigenvalue weighted by Gasteiger charge is 2.38. The Balaban J connectivity index is 2.18. The van der Waals surface area contributed by atoms with Gasteiger partial charge < -0.3 is 5.32 Å². The van der Waals surface area contributed by atoms with Crippen LogP contribution in [-0.2, 0) is 16.4 Å². The van der Waals surface area contributed by atoms with E-state index < -0.39 is 15.9 Å². The van der Waals surface area contributed by atoms with Gasteiger partial charge in [-0.25, -0.2) is 13.6 Å². The highest BCUT2D eigenvalue weighted by atomic mass is 32.2. The summed E-state index contributed by atoms with van der Waals surface area (Å²) in [6.45, 7) is 4.01. The minimum atomic E-state index is -3.98. The van der Waals surface area contributed by atoms with Gasteiger partial charge in [0.1, 0.15) is 4.90 Å². The van der Waals surface area contributed by atoms with Crippen molar-refractivity contribution < 1.29 is 13.2 Å². The van der Waals surface area contributed by atoms with Gasteiger partial charge in [-0.1, -0.05) is 26.7 Å². The number of H-pyrrole nitrogens is 1. The lowest BCUT2D eigenvalue weighted by Gasteiger charge is -2.05. The minimum Gasteiger partial charge on any atom is -0.348 e. The zero-order valence-electron chi connectivity index (χ0n) is 12.3. The fourth-order valence-electron chi connectivity index (χ4n) is 2.60. The van der Waals surface area contributed by atoms with Crippen molar-refractivity contribution in [2.24, 2.45) is 11.1 Å². The summed E-state index contributed by atoms with van der Waals surface area (Å²) in [6.07, 6.45) is 4.29. The highest BCUT2D eigenvalue weighted by Crippen LogP contribution is 2.34. The summed E-state index contributed by atoms with van der Waals surface area (Å²) in [6, 6.07) is 0.122. The van der Waals surface area contributed by atoms with Crippen LogP contribution >= 0.6 is 0 Å². The predicted molar refractivity (Wildman–Crippen MR) is 78.2 cm³/mol. The Labute approximate surface area is 124 Å². The van der Waals surface area contributed by atoms with Gasteiger partial charge in [0.15, 0.2) is 5.69 Å². The molecule has 0 bridgehead atoms. The molecule has 1 aromatic rings. The van der Waals surface area contributed by atoms with Crippen LogP contribution < -0.4 is 10.5 Å². The van der Waals surface area contributed by atoms with Crippen LogP contribution in [0.4, 0.5) is 0 Å². The van der Waals surface area contributed by atoms with Crippen molar-refractivity contribution in [1.82, 2.24) is 15.5 Å². The number of carbonyl (C=O) groups is 1. The lowest BCUT2D eigenvalue weighted by atomic mass is 10.2. The molecule has 0 aliphatic heterocycles. The molecule has 1 aliphatic carbocycles. The summed E-state index contributed by atoms with van der Waals surface area (Å²) in [5.41, 5.74) is 0.272. The topological polar surface area (TPSA) is 118 Å². The van der Waals surface area contributed by atoms with E-state index in [1.165, 1.54) is 0 Å². The number of hydrogen-bond acceptors (Lipinski definition) is 4. The lowest BCUT2D eigenvalue weighted by Crippen LogP contribution is -2.29. The van der Waals surface area contributed by atoms with E-state index >= 15 is 0 Å². The van der Waals surface area contributed by atoms with E-state index in [0.717, 1.165) is 25.7 Å². The Morgan fingerprint density at radius 3 is 2.71 bits per heavy atom. The van der Waals surface area contributed by atoms with E-state index in [1.54, 1.807) is 0 Å². The summed E-state index contributed by atoms with van der Waals surface area (Å²) in [5.74, 6) is 0.0205. The molecular weight excluding hydrogens is 292 g/mol. The Kier molecular flexibility index (Phi) is 4.67. The first-order valence-corrected chi connectivity index (χ1v) is 8.84. The van der Waals surface area contributed by atoms with Crippen LogP contribution in [0, 0.1) is 5.92 Å². The summed E-state index contributed by atoms with van der Waals surface area (Å²) in [7, 11) is -3.98. The summed E-state index contributed by atoms with van der Waals surface area (Å²) < 4.78 is 23.4. The van der Waals surface area contributed by atoms with Gasteiger partial charge in [-0.2, -0.15) is 5.10 Å². The van der Waals surface area contributed by atoms with Crippen molar-refractivity contribution in [2.75, 3.05) is 0 Å². The van der Waals surface area contributed by atoms with Crippen LogP contribution in [0.25, 0.3) is 0 Å². The molecule has 1 saturated carbocycles. The number of nitrogens with zero attached hydrogens (tertiary/aromatic N) is 1. The largest absolute Gasteiger partial charge is 0.348 e. The number of aromatic nitrogens is 2. The van der Waals surface area contributed by atoms with Gasteiger partial charge in [-0.15, -0.1) is 0 Å². The molecule has 2 atom stereocenters. The predicted octanol–water partition coefficient (Wildman–Crippen LogP) is 0.928. The first-order chi connectivity index (χ1) is 9.88. The molecule has 8 heteroatoms. The lowest BCUT2D eigenvalue weighted by molar-refractivity contribution is 0.0940. The van der Waals surface area contributed by atoms with Crippen molar-refractivity contribution in [3.05, 3.63) is 11.4 Å². The van der Waals surface area contributed by atoms with Crippen LogP contribution in [0.2, 0.25) is 0 Å². The molecule has 7 nitrogen and oxygen atoms in total. The third-order valence-electron chi connectivity index (χ3n) is 3.69. The van der Waals surface area contributed by atoms with Crippen molar-refractivity contribution in [1.29, 1.82) is 0 Å².